The smallest absolute Gasteiger partial charge is 0.317 e. The molecule has 0 fully saturated rings. The molecule has 0 aromatic heterocycles. The molecule has 0 aliphatic rings. The van der Waals surface area contributed by atoms with Crippen LogP contribution in [0.15, 0.2) is 60.7 Å². The van der Waals surface area contributed by atoms with Gasteiger partial charge in [0.1, 0.15) is 12.0 Å². The fourth-order valence-corrected chi connectivity index (χ4v) is 2.83. The van der Waals surface area contributed by atoms with Crippen molar-refractivity contribution in [1.29, 1.82) is 0 Å². The van der Waals surface area contributed by atoms with Gasteiger partial charge in [-0.05, 0) is 25.0 Å². The lowest BCUT2D eigenvalue weighted by molar-refractivity contribution is -0.162. The molecule has 0 aliphatic heterocycles. The molecule has 5 nitrogen and oxygen atoms in total. The number of esters is 1. The van der Waals surface area contributed by atoms with Gasteiger partial charge in [0.05, 0.1) is 0 Å². The topological polar surface area (TPSA) is 65.9 Å². The van der Waals surface area contributed by atoms with E-state index in [0.29, 0.717) is 13.1 Å². The molecule has 0 spiro atoms. The third-order valence-corrected chi connectivity index (χ3v) is 4.39. The lowest BCUT2D eigenvalue weighted by atomic mass is 10.0. The highest BCUT2D eigenvalue weighted by atomic mass is 19.1. The largest absolute Gasteiger partial charge is 0.456 e. The zero-order valence-corrected chi connectivity index (χ0v) is 16.3. The minimum atomic E-state index is -1.39. The summed E-state index contributed by atoms with van der Waals surface area (Å²) in [6, 6.07) is 19.7. The summed E-state index contributed by atoms with van der Waals surface area (Å²) in [5.74, 6) is -0.636. The van der Waals surface area contributed by atoms with Crippen molar-refractivity contribution >= 4 is 12.2 Å². The van der Waals surface area contributed by atoms with Crippen molar-refractivity contribution in [3.63, 3.8) is 0 Å². The van der Waals surface area contributed by atoms with Crippen molar-refractivity contribution in [2.75, 3.05) is 6.54 Å². The molecule has 148 valence electrons. The second-order valence-corrected chi connectivity index (χ2v) is 7.19. The Hall–Kier alpha value is -2.82. The Morgan fingerprint density at radius 1 is 1.11 bits per heavy atom. The first-order chi connectivity index (χ1) is 13.4. The maximum absolute atomic E-state index is 15.1. The van der Waals surface area contributed by atoms with Crippen LogP contribution in [-0.4, -0.2) is 40.2 Å². The third kappa shape index (κ3) is 7.06. The number of ether oxygens (including phenoxy) is 1. The number of hydrogen-bond acceptors (Lipinski definition) is 3. The van der Waals surface area contributed by atoms with Crippen LogP contribution >= 0.6 is 0 Å². The average Bonchev–Trinajstić information content (AvgIpc) is 2.67. The highest BCUT2D eigenvalue weighted by Crippen LogP contribution is 2.22. The van der Waals surface area contributed by atoms with Crippen LogP contribution in [0.2, 0.25) is 0 Å². The SMILES string of the molecule is CC(C)(OC(=O)CC=[N+]=[N-])C(F)CN(Cc1ccccc1)Cc1ccccc1. The number of halogens is 1. The van der Waals surface area contributed by atoms with Crippen LogP contribution in [0.1, 0.15) is 31.4 Å². The van der Waals surface area contributed by atoms with Crippen molar-refractivity contribution in [1.82, 2.24) is 4.90 Å². The Balaban J connectivity index is 2.08. The van der Waals surface area contributed by atoms with Gasteiger partial charge in [0.2, 0.25) is 0 Å². The first-order valence-corrected chi connectivity index (χ1v) is 9.22. The fourth-order valence-electron chi connectivity index (χ4n) is 2.83. The van der Waals surface area contributed by atoms with Crippen molar-refractivity contribution in [2.45, 2.75) is 45.1 Å². The van der Waals surface area contributed by atoms with Crippen LogP contribution in [0.4, 0.5) is 4.39 Å². The lowest BCUT2D eigenvalue weighted by Gasteiger charge is -2.32. The van der Waals surface area contributed by atoms with Crippen LogP contribution in [0.5, 0.6) is 0 Å². The summed E-state index contributed by atoms with van der Waals surface area (Å²) in [4.78, 5) is 16.5. The number of nitrogens with zero attached hydrogens (tertiary/aromatic N) is 3. The van der Waals surface area contributed by atoms with E-state index < -0.39 is 17.7 Å². The van der Waals surface area contributed by atoms with Gasteiger partial charge >= 0.3 is 5.97 Å². The van der Waals surface area contributed by atoms with Crippen molar-refractivity contribution < 1.29 is 18.7 Å². The Morgan fingerprint density at radius 3 is 2.07 bits per heavy atom. The Kier molecular flexibility index (Phi) is 8.05. The Labute approximate surface area is 165 Å². The average molecular weight is 383 g/mol. The Morgan fingerprint density at radius 2 is 1.61 bits per heavy atom. The summed E-state index contributed by atoms with van der Waals surface area (Å²) in [6.07, 6.45) is -0.581. The highest BCUT2D eigenvalue weighted by Gasteiger charge is 2.35. The minimum Gasteiger partial charge on any atom is -0.456 e. The van der Waals surface area contributed by atoms with E-state index in [2.05, 4.69) is 4.79 Å². The molecule has 28 heavy (non-hydrogen) atoms. The maximum Gasteiger partial charge on any atom is 0.317 e. The molecule has 0 saturated heterocycles. The summed E-state index contributed by atoms with van der Waals surface area (Å²) in [6.45, 7) is 4.37. The van der Waals surface area contributed by atoms with Gasteiger partial charge in [0, 0.05) is 19.6 Å². The summed E-state index contributed by atoms with van der Waals surface area (Å²) < 4.78 is 20.4. The van der Waals surface area contributed by atoms with Crippen LogP contribution in [-0.2, 0) is 22.6 Å². The maximum atomic E-state index is 15.1. The van der Waals surface area contributed by atoms with E-state index in [1.165, 1.54) is 0 Å². The quantitative estimate of drug-likeness (QED) is 0.269. The zero-order valence-electron chi connectivity index (χ0n) is 16.3. The van der Waals surface area contributed by atoms with Gasteiger partial charge in [-0.25, -0.2) is 4.39 Å². The standard InChI is InChI=1S/C22H26FN3O2/c1-22(2,28-21(27)13-14-25-24)20(23)17-26(15-18-9-5-3-6-10-18)16-19-11-7-4-8-12-19/h3-12,14,20H,13,15-17H2,1-2H3. The van der Waals surface area contributed by atoms with Crippen LogP contribution in [0.3, 0.4) is 0 Å². The summed E-state index contributed by atoms with van der Waals surface area (Å²) in [5.41, 5.74) is 9.27. The molecule has 0 amide bonds. The van der Waals surface area contributed by atoms with E-state index in [0.717, 1.165) is 17.3 Å². The van der Waals surface area contributed by atoms with E-state index >= 15 is 4.39 Å². The monoisotopic (exact) mass is 383 g/mol. The number of carbonyl (C=O) groups excluding carboxylic acids is 1. The first kappa shape index (κ1) is 21.5. The number of carbonyl (C=O) groups is 1. The molecule has 0 heterocycles. The summed E-state index contributed by atoms with van der Waals surface area (Å²) >= 11 is 0. The number of hydrogen-bond donors (Lipinski definition) is 0. The number of alkyl halides is 1. The fraction of sp³-hybridized carbons (Fsp3) is 0.364. The lowest BCUT2D eigenvalue weighted by Crippen LogP contribution is -2.45. The van der Waals surface area contributed by atoms with Gasteiger partial charge in [-0.1, -0.05) is 60.7 Å². The van der Waals surface area contributed by atoms with Crippen molar-refractivity contribution in [2.24, 2.45) is 0 Å². The minimum absolute atomic E-state index is 0.109. The van der Waals surface area contributed by atoms with E-state index in [9.17, 15) is 4.79 Å². The van der Waals surface area contributed by atoms with Crippen LogP contribution < -0.4 is 0 Å². The molecule has 2 aromatic rings. The molecular weight excluding hydrogens is 357 g/mol. The molecule has 6 heteroatoms. The molecular formula is C22H26FN3O2. The van der Waals surface area contributed by atoms with Crippen molar-refractivity contribution in [3.8, 4) is 0 Å². The van der Waals surface area contributed by atoms with Crippen LogP contribution in [0, 0.1) is 0 Å². The van der Waals surface area contributed by atoms with Gasteiger partial charge in [0.25, 0.3) is 6.21 Å². The van der Waals surface area contributed by atoms with Gasteiger partial charge in [0.15, 0.2) is 6.17 Å². The van der Waals surface area contributed by atoms with E-state index in [1.807, 2.05) is 65.6 Å². The zero-order chi connectivity index (χ0) is 20.4. The van der Waals surface area contributed by atoms with Crippen molar-refractivity contribution in [3.05, 3.63) is 77.3 Å². The molecule has 1 atom stereocenters. The van der Waals surface area contributed by atoms with E-state index in [1.54, 1.807) is 13.8 Å². The molecule has 1 unspecified atom stereocenters. The van der Waals surface area contributed by atoms with E-state index in [4.69, 9.17) is 10.3 Å². The predicted octanol–water partition coefficient (Wildman–Crippen LogP) is 4.04. The number of rotatable bonds is 10. The molecule has 0 bridgehead atoms. The molecule has 0 aliphatic carbocycles. The highest BCUT2D eigenvalue weighted by molar-refractivity contribution is 5.84. The predicted molar refractivity (Wildman–Crippen MR) is 106 cm³/mol. The molecule has 2 aromatic carbocycles. The summed E-state index contributed by atoms with van der Waals surface area (Å²) in [5, 5.41) is 0. The van der Waals surface area contributed by atoms with Crippen LogP contribution in [0.25, 0.3) is 5.53 Å². The Bertz CT molecular complexity index is 748. The second kappa shape index (κ2) is 10.5. The number of benzene rings is 2. The van der Waals surface area contributed by atoms with Gasteiger partial charge in [-0.15, -0.1) is 0 Å². The molecule has 2 rings (SSSR count). The van der Waals surface area contributed by atoms with Gasteiger partial charge < -0.3 is 10.3 Å². The molecule has 0 N–H and O–H groups in total. The summed E-state index contributed by atoms with van der Waals surface area (Å²) in [7, 11) is 0. The molecule has 0 saturated carbocycles. The molecule has 0 radical (unpaired) electrons. The van der Waals surface area contributed by atoms with Gasteiger partial charge in [-0.3, -0.25) is 9.69 Å². The first-order valence-electron chi connectivity index (χ1n) is 9.22. The van der Waals surface area contributed by atoms with E-state index in [-0.39, 0.29) is 13.0 Å². The normalized spacial score (nSPS) is 12.3. The second-order valence-electron chi connectivity index (χ2n) is 7.19. The third-order valence-electron chi connectivity index (χ3n) is 4.39. The van der Waals surface area contributed by atoms with Gasteiger partial charge in [-0.2, -0.15) is 4.79 Å².